The fourth-order valence-electron chi connectivity index (χ4n) is 2.49. The van der Waals surface area contributed by atoms with Crippen LogP contribution in [-0.4, -0.2) is 25.3 Å². The van der Waals surface area contributed by atoms with Gasteiger partial charge in [0, 0.05) is 18.5 Å². The van der Waals surface area contributed by atoms with Gasteiger partial charge in [-0.2, -0.15) is 0 Å². The van der Waals surface area contributed by atoms with Gasteiger partial charge >= 0.3 is 0 Å². The van der Waals surface area contributed by atoms with Gasteiger partial charge in [-0.1, -0.05) is 20.8 Å². The molecule has 0 spiro atoms. The topological polar surface area (TPSA) is 21.3 Å². The second kappa shape index (κ2) is 2.20. The zero-order valence-corrected chi connectivity index (χ0v) is 7.55. The summed E-state index contributed by atoms with van der Waals surface area (Å²) >= 11 is 0. The predicted molar refractivity (Wildman–Crippen MR) is 44.5 cm³/mol. The van der Waals surface area contributed by atoms with Gasteiger partial charge in [0.05, 0.1) is 12.7 Å². The summed E-state index contributed by atoms with van der Waals surface area (Å²) in [6, 6.07) is 0.625. The zero-order chi connectivity index (χ0) is 8.06. The van der Waals surface area contributed by atoms with Crippen LogP contribution in [0, 0.1) is 11.3 Å². The molecular formula is C9H17NO. The second-order valence-electron chi connectivity index (χ2n) is 4.78. The van der Waals surface area contributed by atoms with Crippen LogP contribution in [0.1, 0.15) is 20.8 Å². The highest BCUT2D eigenvalue weighted by Crippen LogP contribution is 2.40. The van der Waals surface area contributed by atoms with Crippen molar-refractivity contribution in [3.63, 3.8) is 0 Å². The summed E-state index contributed by atoms with van der Waals surface area (Å²) < 4.78 is 5.63. The molecule has 2 fully saturated rings. The maximum Gasteiger partial charge on any atom is 0.0749 e. The van der Waals surface area contributed by atoms with Gasteiger partial charge in [-0.15, -0.1) is 0 Å². The van der Waals surface area contributed by atoms with Gasteiger partial charge in [0.15, 0.2) is 0 Å². The highest BCUT2D eigenvalue weighted by atomic mass is 16.5. The summed E-state index contributed by atoms with van der Waals surface area (Å²) in [7, 11) is 0. The quantitative estimate of drug-likeness (QED) is 0.564. The highest BCUT2D eigenvalue weighted by molar-refractivity contribution is 5.01. The van der Waals surface area contributed by atoms with Crippen molar-refractivity contribution in [1.82, 2.24) is 5.32 Å². The summed E-state index contributed by atoms with van der Waals surface area (Å²) in [5.41, 5.74) is 0.398. The van der Waals surface area contributed by atoms with E-state index in [2.05, 4.69) is 26.1 Å². The second-order valence-corrected chi connectivity index (χ2v) is 4.78. The van der Waals surface area contributed by atoms with Gasteiger partial charge < -0.3 is 10.1 Å². The van der Waals surface area contributed by atoms with Crippen molar-refractivity contribution in [2.24, 2.45) is 11.3 Å². The molecule has 0 radical (unpaired) electrons. The van der Waals surface area contributed by atoms with Crippen molar-refractivity contribution in [3.05, 3.63) is 0 Å². The average molecular weight is 155 g/mol. The molecule has 2 nitrogen and oxygen atoms in total. The number of ether oxygens (including phenoxy) is 1. The molecule has 3 atom stereocenters. The third-order valence-electron chi connectivity index (χ3n) is 2.91. The lowest BCUT2D eigenvalue weighted by atomic mass is 9.76. The van der Waals surface area contributed by atoms with Crippen molar-refractivity contribution in [3.8, 4) is 0 Å². The maximum absolute atomic E-state index is 5.63. The van der Waals surface area contributed by atoms with Crippen molar-refractivity contribution in [1.29, 1.82) is 0 Å². The van der Waals surface area contributed by atoms with E-state index in [0.717, 1.165) is 19.1 Å². The molecule has 3 unspecified atom stereocenters. The third kappa shape index (κ3) is 1.09. The van der Waals surface area contributed by atoms with Gasteiger partial charge in [0.2, 0.25) is 0 Å². The number of hydrogen-bond acceptors (Lipinski definition) is 2. The Morgan fingerprint density at radius 3 is 2.27 bits per heavy atom. The average Bonchev–Trinajstić information content (AvgIpc) is 2.40. The number of nitrogens with one attached hydrogen (secondary N) is 1. The van der Waals surface area contributed by atoms with Crippen molar-refractivity contribution in [2.75, 3.05) is 13.2 Å². The molecule has 11 heavy (non-hydrogen) atoms. The highest BCUT2D eigenvalue weighted by Gasteiger charge is 2.48. The minimum absolute atomic E-state index is 0.398. The predicted octanol–water partition coefficient (Wildman–Crippen LogP) is 1.02. The van der Waals surface area contributed by atoms with E-state index in [1.165, 1.54) is 0 Å². The minimum atomic E-state index is 0.398. The summed E-state index contributed by atoms with van der Waals surface area (Å²) in [4.78, 5) is 0. The summed E-state index contributed by atoms with van der Waals surface area (Å²) in [6.07, 6.45) is 0.486. The first kappa shape index (κ1) is 7.56. The van der Waals surface area contributed by atoms with E-state index in [4.69, 9.17) is 4.74 Å². The summed E-state index contributed by atoms with van der Waals surface area (Å²) in [5.74, 6) is 0.725. The van der Waals surface area contributed by atoms with Gasteiger partial charge in [-0.25, -0.2) is 0 Å². The Bertz CT molecular complexity index is 141. The Morgan fingerprint density at radius 1 is 1.36 bits per heavy atom. The Hall–Kier alpha value is -0.0800. The fourth-order valence-corrected chi connectivity index (χ4v) is 2.49. The van der Waals surface area contributed by atoms with E-state index in [0.29, 0.717) is 17.6 Å². The monoisotopic (exact) mass is 155 g/mol. The summed E-state index contributed by atoms with van der Waals surface area (Å²) in [5, 5.41) is 3.49. The first-order valence-electron chi connectivity index (χ1n) is 4.44. The molecular weight excluding hydrogens is 138 g/mol. The number of rotatable bonds is 0. The molecule has 0 amide bonds. The van der Waals surface area contributed by atoms with Crippen LogP contribution in [0.3, 0.4) is 0 Å². The van der Waals surface area contributed by atoms with Gasteiger partial charge in [-0.05, 0) is 5.41 Å². The molecule has 64 valence electrons. The first-order chi connectivity index (χ1) is 5.09. The molecule has 2 saturated heterocycles. The van der Waals surface area contributed by atoms with Crippen LogP contribution in [0.2, 0.25) is 0 Å². The lowest BCUT2D eigenvalue weighted by Gasteiger charge is -2.28. The Morgan fingerprint density at radius 2 is 2.09 bits per heavy atom. The van der Waals surface area contributed by atoms with Gasteiger partial charge in [0.25, 0.3) is 0 Å². The van der Waals surface area contributed by atoms with Crippen molar-refractivity contribution in [2.45, 2.75) is 32.9 Å². The Labute approximate surface area is 68.3 Å². The molecule has 2 bridgehead atoms. The molecule has 2 aliphatic heterocycles. The van der Waals surface area contributed by atoms with E-state index >= 15 is 0 Å². The van der Waals surface area contributed by atoms with E-state index in [1.54, 1.807) is 0 Å². The van der Waals surface area contributed by atoms with Crippen LogP contribution in [0.4, 0.5) is 0 Å². The SMILES string of the molecule is CC(C)(C)C1C2COC1CN2. The minimum Gasteiger partial charge on any atom is -0.375 e. The number of morpholine rings is 1. The van der Waals surface area contributed by atoms with Crippen molar-refractivity contribution < 1.29 is 4.74 Å². The molecule has 2 rings (SSSR count). The van der Waals surface area contributed by atoms with Gasteiger partial charge in [0.1, 0.15) is 0 Å². The molecule has 0 aromatic heterocycles. The molecule has 0 aliphatic carbocycles. The largest absolute Gasteiger partial charge is 0.375 e. The van der Waals surface area contributed by atoms with Crippen LogP contribution in [0.15, 0.2) is 0 Å². The number of hydrogen-bond donors (Lipinski definition) is 1. The van der Waals surface area contributed by atoms with Gasteiger partial charge in [-0.3, -0.25) is 0 Å². The van der Waals surface area contributed by atoms with E-state index in [1.807, 2.05) is 0 Å². The normalized spacial score (nSPS) is 43.4. The van der Waals surface area contributed by atoms with E-state index in [9.17, 15) is 0 Å². The lowest BCUT2D eigenvalue weighted by Crippen LogP contribution is -2.34. The smallest absolute Gasteiger partial charge is 0.0749 e. The molecule has 2 aliphatic rings. The standard InChI is InChI=1S/C9H17NO/c1-9(2,3)8-6-5-11-7(8)4-10-6/h6-8,10H,4-5H2,1-3H3. The summed E-state index contributed by atoms with van der Waals surface area (Å²) in [6.45, 7) is 8.90. The first-order valence-corrected chi connectivity index (χ1v) is 4.44. The van der Waals surface area contributed by atoms with Crippen LogP contribution in [-0.2, 0) is 4.74 Å². The molecule has 2 heterocycles. The molecule has 1 N–H and O–H groups in total. The van der Waals surface area contributed by atoms with E-state index in [-0.39, 0.29) is 0 Å². The number of fused-ring (bicyclic) bond motifs is 2. The van der Waals surface area contributed by atoms with Crippen LogP contribution in [0.25, 0.3) is 0 Å². The zero-order valence-electron chi connectivity index (χ0n) is 7.55. The molecule has 0 aromatic carbocycles. The van der Waals surface area contributed by atoms with Crippen LogP contribution >= 0.6 is 0 Å². The molecule has 0 saturated carbocycles. The van der Waals surface area contributed by atoms with Crippen molar-refractivity contribution >= 4 is 0 Å². The maximum atomic E-state index is 5.63. The van der Waals surface area contributed by atoms with Crippen LogP contribution < -0.4 is 5.32 Å². The fraction of sp³-hybridized carbons (Fsp3) is 1.00. The van der Waals surface area contributed by atoms with E-state index < -0.39 is 0 Å². The Balaban J connectivity index is 2.16. The lowest BCUT2D eigenvalue weighted by molar-refractivity contribution is 0.0626. The molecule has 2 heteroatoms. The third-order valence-corrected chi connectivity index (χ3v) is 2.91. The van der Waals surface area contributed by atoms with Crippen LogP contribution in [0.5, 0.6) is 0 Å². The molecule has 0 aromatic rings. The Kier molecular flexibility index (Phi) is 1.52.